The summed E-state index contributed by atoms with van der Waals surface area (Å²) in [6, 6.07) is 8.89. The molecule has 2 heterocycles. The van der Waals surface area contributed by atoms with Crippen molar-refractivity contribution in [2.75, 3.05) is 0 Å². The number of rotatable bonds is 3. The van der Waals surface area contributed by atoms with E-state index in [2.05, 4.69) is 10.2 Å². The van der Waals surface area contributed by atoms with Gasteiger partial charge in [-0.1, -0.05) is 12.1 Å². The maximum atomic E-state index is 12.2. The maximum absolute atomic E-state index is 12.2. The van der Waals surface area contributed by atoms with Gasteiger partial charge in [-0.3, -0.25) is 19.6 Å². The first-order chi connectivity index (χ1) is 9.74. The number of H-pyrrole nitrogens is 1. The summed E-state index contributed by atoms with van der Waals surface area (Å²) in [6.45, 7) is 0.256. The van der Waals surface area contributed by atoms with E-state index in [-0.39, 0.29) is 18.4 Å². The molecule has 100 valence electrons. The number of amides is 2. The minimum Gasteiger partial charge on any atom is -0.280 e. The van der Waals surface area contributed by atoms with Crippen molar-refractivity contribution in [3.8, 4) is 0 Å². The van der Waals surface area contributed by atoms with Gasteiger partial charge in [-0.05, 0) is 31.0 Å². The van der Waals surface area contributed by atoms with Gasteiger partial charge < -0.3 is 0 Å². The zero-order valence-corrected chi connectivity index (χ0v) is 10.8. The molecule has 0 atom stereocenters. The number of imide groups is 1. The highest BCUT2D eigenvalue weighted by molar-refractivity contribution is 6.21. The summed E-state index contributed by atoms with van der Waals surface area (Å²) in [5.74, 6) is 0.100. The van der Waals surface area contributed by atoms with Crippen LogP contribution in [0.2, 0.25) is 0 Å². The Hall–Kier alpha value is -2.43. The van der Waals surface area contributed by atoms with Gasteiger partial charge in [0.15, 0.2) is 0 Å². The van der Waals surface area contributed by atoms with Crippen LogP contribution in [0.3, 0.4) is 0 Å². The van der Waals surface area contributed by atoms with Crippen LogP contribution in [0.1, 0.15) is 50.9 Å². The van der Waals surface area contributed by atoms with Gasteiger partial charge in [0, 0.05) is 5.92 Å². The topological polar surface area (TPSA) is 66.1 Å². The Bertz CT molecular complexity index is 680. The summed E-state index contributed by atoms with van der Waals surface area (Å²) in [6.07, 6.45) is 2.36. The summed E-state index contributed by atoms with van der Waals surface area (Å²) < 4.78 is 0. The second-order valence-corrected chi connectivity index (χ2v) is 5.33. The highest BCUT2D eigenvalue weighted by Gasteiger charge is 2.35. The molecule has 5 nitrogen and oxygen atoms in total. The molecule has 2 amide bonds. The molecule has 0 bridgehead atoms. The summed E-state index contributed by atoms with van der Waals surface area (Å²) >= 11 is 0. The Morgan fingerprint density at radius 3 is 2.40 bits per heavy atom. The molecule has 0 saturated heterocycles. The first-order valence-electron chi connectivity index (χ1n) is 6.73. The van der Waals surface area contributed by atoms with E-state index in [4.69, 9.17) is 0 Å². The summed E-state index contributed by atoms with van der Waals surface area (Å²) in [7, 11) is 0. The van der Waals surface area contributed by atoms with Gasteiger partial charge in [-0.25, -0.2) is 0 Å². The molecule has 20 heavy (non-hydrogen) atoms. The molecule has 2 aromatic rings. The predicted octanol–water partition coefficient (Wildman–Crippen LogP) is 2.08. The van der Waals surface area contributed by atoms with E-state index in [0.717, 1.165) is 11.4 Å². The lowest BCUT2D eigenvalue weighted by molar-refractivity contribution is 0.0640. The Morgan fingerprint density at radius 2 is 1.80 bits per heavy atom. The molecule has 0 radical (unpaired) electrons. The van der Waals surface area contributed by atoms with Gasteiger partial charge in [0.1, 0.15) is 0 Å². The van der Waals surface area contributed by atoms with Crippen LogP contribution in [0, 0.1) is 0 Å². The van der Waals surface area contributed by atoms with Crippen molar-refractivity contribution in [2.45, 2.75) is 25.3 Å². The number of fused-ring (bicyclic) bond motifs is 1. The predicted molar refractivity (Wildman–Crippen MR) is 71.2 cm³/mol. The standard InChI is InChI=1S/C15H13N3O2/c19-14-11-3-1-2-4-12(11)15(20)18(14)8-10-7-13(17-16-10)9-5-6-9/h1-4,7,9H,5-6,8H2,(H,16,17). The molecule has 1 fully saturated rings. The van der Waals surface area contributed by atoms with Gasteiger partial charge in [-0.15, -0.1) is 0 Å². The normalized spacial score (nSPS) is 17.7. The van der Waals surface area contributed by atoms with Crippen LogP contribution in [0.15, 0.2) is 30.3 Å². The highest BCUT2D eigenvalue weighted by atomic mass is 16.2. The number of aromatic amines is 1. The molecule has 2 aliphatic rings. The molecular weight excluding hydrogens is 254 g/mol. The van der Waals surface area contributed by atoms with Crippen LogP contribution in [0.5, 0.6) is 0 Å². The number of nitrogens with one attached hydrogen (secondary N) is 1. The minimum absolute atomic E-state index is 0.229. The van der Waals surface area contributed by atoms with E-state index in [9.17, 15) is 9.59 Å². The van der Waals surface area contributed by atoms with Crippen molar-refractivity contribution in [3.63, 3.8) is 0 Å². The average Bonchev–Trinajstić information content (AvgIpc) is 3.18. The Kier molecular flexibility index (Phi) is 2.30. The van der Waals surface area contributed by atoms with Gasteiger partial charge in [0.2, 0.25) is 0 Å². The Balaban J connectivity index is 1.60. The maximum Gasteiger partial charge on any atom is 0.261 e. The fraction of sp³-hybridized carbons (Fsp3) is 0.267. The van der Waals surface area contributed by atoms with Gasteiger partial charge >= 0.3 is 0 Å². The van der Waals surface area contributed by atoms with Crippen LogP contribution in [-0.4, -0.2) is 26.9 Å². The lowest BCUT2D eigenvalue weighted by Gasteiger charge is -2.11. The third-order valence-corrected chi connectivity index (χ3v) is 3.85. The largest absolute Gasteiger partial charge is 0.280 e. The molecule has 0 unspecified atom stereocenters. The number of benzene rings is 1. The number of carbonyl (C=O) groups excluding carboxylic acids is 2. The van der Waals surface area contributed by atoms with Crippen LogP contribution in [0.25, 0.3) is 0 Å². The molecule has 0 spiro atoms. The van der Waals surface area contributed by atoms with Crippen molar-refractivity contribution in [2.24, 2.45) is 0 Å². The van der Waals surface area contributed by atoms with Crippen LogP contribution < -0.4 is 0 Å². The molecular formula is C15H13N3O2. The molecule has 1 aromatic heterocycles. The van der Waals surface area contributed by atoms with Gasteiger partial charge in [-0.2, -0.15) is 5.10 Å². The van der Waals surface area contributed by atoms with E-state index < -0.39 is 0 Å². The van der Waals surface area contributed by atoms with E-state index in [1.54, 1.807) is 24.3 Å². The van der Waals surface area contributed by atoms with E-state index in [1.165, 1.54) is 17.7 Å². The van der Waals surface area contributed by atoms with E-state index in [0.29, 0.717) is 17.0 Å². The molecule has 1 saturated carbocycles. The van der Waals surface area contributed by atoms with Crippen molar-refractivity contribution in [1.29, 1.82) is 0 Å². The second kappa shape index (κ2) is 4.03. The zero-order valence-electron chi connectivity index (χ0n) is 10.8. The molecule has 4 rings (SSSR count). The molecule has 1 N–H and O–H groups in total. The lowest BCUT2D eigenvalue weighted by atomic mass is 10.1. The number of nitrogens with zero attached hydrogens (tertiary/aromatic N) is 2. The number of carbonyl (C=O) groups is 2. The van der Waals surface area contributed by atoms with E-state index in [1.807, 2.05) is 6.07 Å². The zero-order chi connectivity index (χ0) is 13.7. The van der Waals surface area contributed by atoms with Crippen LogP contribution in [-0.2, 0) is 6.54 Å². The SMILES string of the molecule is O=C1c2ccccc2C(=O)N1Cc1cc(C2CC2)n[nH]1. The monoisotopic (exact) mass is 267 g/mol. The quantitative estimate of drug-likeness (QED) is 0.866. The molecule has 5 heteroatoms. The number of hydrogen-bond acceptors (Lipinski definition) is 3. The molecule has 1 aliphatic heterocycles. The lowest BCUT2D eigenvalue weighted by Crippen LogP contribution is -2.29. The second-order valence-electron chi connectivity index (χ2n) is 5.33. The summed E-state index contributed by atoms with van der Waals surface area (Å²) in [4.78, 5) is 25.7. The van der Waals surface area contributed by atoms with E-state index >= 15 is 0 Å². The van der Waals surface area contributed by atoms with Crippen molar-refractivity contribution < 1.29 is 9.59 Å². The first kappa shape index (κ1) is 11.4. The number of hydrogen-bond donors (Lipinski definition) is 1. The van der Waals surface area contributed by atoms with Crippen molar-refractivity contribution in [3.05, 3.63) is 52.8 Å². The minimum atomic E-state index is -0.229. The van der Waals surface area contributed by atoms with Gasteiger partial charge in [0.05, 0.1) is 29.1 Å². The number of aromatic nitrogens is 2. The van der Waals surface area contributed by atoms with Crippen molar-refractivity contribution in [1.82, 2.24) is 15.1 Å². The fourth-order valence-corrected chi connectivity index (χ4v) is 2.60. The third-order valence-electron chi connectivity index (χ3n) is 3.85. The van der Waals surface area contributed by atoms with Gasteiger partial charge in [0.25, 0.3) is 11.8 Å². The highest BCUT2D eigenvalue weighted by Crippen LogP contribution is 2.39. The Labute approximate surface area is 115 Å². The van der Waals surface area contributed by atoms with Crippen LogP contribution >= 0.6 is 0 Å². The summed E-state index contributed by atoms with van der Waals surface area (Å²) in [5, 5.41) is 7.17. The van der Waals surface area contributed by atoms with Crippen LogP contribution in [0.4, 0.5) is 0 Å². The smallest absolute Gasteiger partial charge is 0.261 e. The van der Waals surface area contributed by atoms with Crippen molar-refractivity contribution >= 4 is 11.8 Å². The Morgan fingerprint density at radius 1 is 1.15 bits per heavy atom. The molecule has 1 aliphatic carbocycles. The summed E-state index contributed by atoms with van der Waals surface area (Å²) in [5.41, 5.74) is 2.82. The first-order valence-corrected chi connectivity index (χ1v) is 6.73. The third kappa shape index (κ3) is 1.66. The molecule has 1 aromatic carbocycles. The average molecular weight is 267 g/mol. The fourth-order valence-electron chi connectivity index (χ4n) is 2.60.